The van der Waals surface area contributed by atoms with Crippen LogP contribution in [0.15, 0.2) is 24.3 Å². The summed E-state index contributed by atoms with van der Waals surface area (Å²) in [4.78, 5) is 12.1. The molecule has 0 bridgehead atoms. The Hall–Kier alpha value is -1.62. The topological polar surface area (TPSA) is 47.6 Å². The Balaban J connectivity index is 2.01. The van der Waals surface area contributed by atoms with Crippen molar-refractivity contribution in [1.82, 2.24) is 5.32 Å². The Morgan fingerprint density at radius 2 is 2.25 bits per heavy atom. The molecule has 1 aromatic carbocycles. The lowest BCUT2D eigenvalue weighted by Crippen LogP contribution is -2.55. The fourth-order valence-electron chi connectivity index (χ4n) is 1.91. The van der Waals surface area contributed by atoms with Crippen molar-refractivity contribution in [3.05, 3.63) is 30.1 Å². The molecule has 0 heterocycles. The van der Waals surface area contributed by atoms with Gasteiger partial charge < -0.3 is 9.47 Å². The zero-order valence-corrected chi connectivity index (χ0v) is 11.8. The molecular weight excluding hydrogens is 261 g/mol. The molecule has 4 nitrogen and oxygen atoms in total. The first-order valence-electron chi connectivity index (χ1n) is 6.87. The van der Waals surface area contributed by atoms with Gasteiger partial charge in [-0.2, -0.15) is 0 Å². The van der Waals surface area contributed by atoms with Crippen molar-refractivity contribution in [3.8, 4) is 5.75 Å². The molecule has 0 aromatic heterocycles. The number of hydrogen-bond acceptors (Lipinski definition) is 4. The van der Waals surface area contributed by atoms with Crippen LogP contribution in [0.2, 0.25) is 0 Å². The van der Waals surface area contributed by atoms with Crippen LogP contribution in [0.4, 0.5) is 4.39 Å². The molecule has 1 aliphatic rings. The second kappa shape index (κ2) is 6.22. The molecule has 0 radical (unpaired) electrons. The molecule has 5 heteroatoms. The highest BCUT2D eigenvalue weighted by molar-refractivity contribution is 5.80. The highest BCUT2D eigenvalue weighted by Gasteiger charge is 2.40. The van der Waals surface area contributed by atoms with E-state index in [4.69, 9.17) is 9.47 Å². The quantitative estimate of drug-likeness (QED) is 0.779. The number of benzene rings is 1. The number of carbonyl (C=O) groups excluding carboxylic acids is 1. The Morgan fingerprint density at radius 3 is 2.85 bits per heavy atom. The molecule has 1 saturated carbocycles. The maximum atomic E-state index is 13.1. The van der Waals surface area contributed by atoms with Gasteiger partial charge in [0.15, 0.2) is 0 Å². The average molecular weight is 281 g/mol. The van der Waals surface area contributed by atoms with Gasteiger partial charge in [0.25, 0.3) is 0 Å². The number of esters is 1. The molecule has 0 amide bonds. The van der Waals surface area contributed by atoms with E-state index in [1.165, 1.54) is 12.1 Å². The number of halogens is 1. The third-order valence-electron chi connectivity index (χ3n) is 3.15. The third-order valence-corrected chi connectivity index (χ3v) is 3.15. The van der Waals surface area contributed by atoms with Crippen LogP contribution in [-0.2, 0) is 9.53 Å². The second-order valence-corrected chi connectivity index (χ2v) is 5.22. The number of hydrogen-bond donors (Lipinski definition) is 1. The molecule has 1 fully saturated rings. The van der Waals surface area contributed by atoms with E-state index in [1.54, 1.807) is 26.0 Å². The molecular formula is C15H20FNO3. The molecule has 1 unspecified atom stereocenters. The normalized spacial score (nSPS) is 17.4. The van der Waals surface area contributed by atoms with E-state index >= 15 is 0 Å². The van der Waals surface area contributed by atoms with Crippen LogP contribution < -0.4 is 10.1 Å². The Labute approximate surface area is 118 Å². The van der Waals surface area contributed by atoms with E-state index in [0.717, 1.165) is 12.8 Å². The lowest BCUT2D eigenvalue weighted by atomic mass is 10.0. The first kappa shape index (κ1) is 14.8. The van der Waals surface area contributed by atoms with E-state index in [-0.39, 0.29) is 18.4 Å². The van der Waals surface area contributed by atoms with Crippen LogP contribution in [0.1, 0.15) is 26.7 Å². The lowest BCUT2D eigenvalue weighted by molar-refractivity contribution is -0.152. The van der Waals surface area contributed by atoms with Crippen LogP contribution in [0, 0.1) is 5.82 Å². The summed E-state index contributed by atoms with van der Waals surface area (Å²) in [6.45, 7) is 3.94. The standard InChI is InChI=1S/C15H20FNO3/c1-3-19-14(18)15(2,17-12-7-8-12)10-20-13-6-4-5-11(16)9-13/h4-6,9,12,17H,3,7-8,10H2,1-2H3. The summed E-state index contributed by atoms with van der Waals surface area (Å²) in [6, 6.07) is 6.20. The van der Waals surface area contributed by atoms with Crippen LogP contribution in [0.5, 0.6) is 5.75 Å². The number of ether oxygens (including phenoxy) is 2. The molecule has 1 aliphatic carbocycles. The van der Waals surface area contributed by atoms with Crippen molar-refractivity contribution in [1.29, 1.82) is 0 Å². The van der Waals surface area contributed by atoms with Crippen LogP contribution >= 0.6 is 0 Å². The van der Waals surface area contributed by atoms with Gasteiger partial charge in [0.1, 0.15) is 23.7 Å². The fraction of sp³-hybridized carbons (Fsp3) is 0.533. The molecule has 0 spiro atoms. The summed E-state index contributed by atoms with van der Waals surface area (Å²) in [5.74, 6) is -0.308. The predicted octanol–water partition coefficient (Wildman–Crippen LogP) is 2.28. The molecule has 0 aliphatic heterocycles. The van der Waals surface area contributed by atoms with Crippen LogP contribution in [0.25, 0.3) is 0 Å². The number of rotatable bonds is 7. The van der Waals surface area contributed by atoms with Crippen LogP contribution in [-0.4, -0.2) is 30.8 Å². The summed E-state index contributed by atoms with van der Waals surface area (Å²) in [5, 5.41) is 3.24. The number of nitrogens with one attached hydrogen (secondary N) is 1. The van der Waals surface area contributed by atoms with Crippen molar-refractivity contribution < 1.29 is 18.7 Å². The SMILES string of the molecule is CCOC(=O)C(C)(COc1cccc(F)c1)NC1CC1. The minimum Gasteiger partial charge on any atom is -0.491 e. The largest absolute Gasteiger partial charge is 0.491 e. The summed E-state index contributed by atoms with van der Waals surface area (Å²) >= 11 is 0. The van der Waals surface area contributed by atoms with Crippen molar-refractivity contribution in [3.63, 3.8) is 0 Å². The maximum absolute atomic E-state index is 13.1. The summed E-state index contributed by atoms with van der Waals surface area (Å²) < 4.78 is 23.7. The van der Waals surface area contributed by atoms with Gasteiger partial charge in [0.2, 0.25) is 0 Å². The number of carbonyl (C=O) groups is 1. The molecule has 1 atom stereocenters. The smallest absolute Gasteiger partial charge is 0.329 e. The fourth-order valence-corrected chi connectivity index (χ4v) is 1.91. The van der Waals surface area contributed by atoms with Gasteiger partial charge in [0.05, 0.1) is 6.61 Å². The average Bonchev–Trinajstić information content (AvgIpc) is 3.21. The highest BCUT2D eigenvalue weighted by Crippen LogP contribution is 2.24. The predicted molar refractivity (Wildman–Crippen MR) is 73.1 cm³/mol. The van der Waals surface area contributed by atoms with Gasteiger partial charge in [0, 0.05) is 12.1 Å². The van der Waals surface area contributed by atoms with Crippen molar-refractivity contribution in [2.45, 2.75) is 38.3 Å². The minimum atomic E-state index is -0.913. The minimum absolute atomic E-state index is 0.103. The molecule has 110 valence electrons. The monoisotopic (exact) mass is 281 g/mol. The van der Waals surface area contributed by atoms with E-state index < -0.39 is 5.54 Å². The first-order valence-corrected chi connectivity index (χ1v) is 6.87. The zero-order valence-electron chi connectivity index (χ0n) is 11.8. The van der Waals surface area contributed by atoms with E-state index in [0.29, 0.717) is 18.4 Å². The molecule has 2 rings (SSSR count). The van der Waals surface area contributed by atoms with Crippen molar-refractivity contribution in [2.75, 3.05) is 13.2 Å². The highest BCUT2D eigenvalue weighted by atomic mass is 19.1. The van der Waals surface area contributed by atoms with Gasteiger partial charge in [-0.25, -0.2) is 9.18 Å². The second-order valence-electron chi connectivity index (χ2n) is 5.22. The van der Waals surface area contributed by atoms with Gasteiger partial charge >= 0.3 is 5.97 Å². The van der Waals surface area contributed by atoms with Gasteiger partial charge in [-0.3, -0.25) is 5.32 Å². The molecule has 0 saturated heterocycles. The molecule has 1 aromatic rings. The Kier molecular flexibility index (Phi) is 4.60. The molecule has 20 heavy (non-hydrogen) atoms. The van der Waals surface area contributed by atoms with Crippen molar-refractivity contribution in [2.24, 2.45) is 0 Å². The Morgan fingerprint density at radius 1 is 1.50 bits per heavy atom. The Bertz CT molecular complexity index is 476. The summed E-state index contributed by atoms with van der Waals surface area (Å²) in [7, 11) is 0. The molecule has 1 N–H and O–H groups in total. The van der Waals surface area contributed by atoms with E-state index in [9.17, 15) is 9.18 Å². The van der Waals surface area contributed by atoms with Gasteiger partial charge in [-0.05, 0) is 38.8 Å². The lowest BCUT2D eigenvalue weighted by Gasteiger charge is -2.28. The zero-order chi connectivity index (χ0) is 14.6. The summed E-state index contributed by atoms with van der Waals surface area (Å²) in [6.07, 6.45) is 2.10. The van der Waals surface area contributed by atoms with E-state index in [1.807, 2.05) is 0 Å². The maximum Gasteiger partial charge on any atom is 0.329 e. The first-order chi connectivity index (χ1) is 9.53. The van der Waals surface area contributed by atoms with Crippen molar-refractivity contribution >= 4 is 5.97 Å². The van der Waals surface area contributed by atoms with Gasteiger partial charge in [-0.1, -0.05) is 6.07 Å². The third kappa shape index (κ3) is 3.93. The van der Waals surface area contributed by atoms with Gasteiger partial charge in [-0.15, -0.1) is 0 Å². The van der Waals surface area contributed by atoms with Crippen LogP contribution in [0.3, 0.4) is 0 Å². The van der Waals surface area contributed by atoms with E-state index in [2.05, 4.69) is 5.32 Å². The summed E-state index contributed by atoms with van der Waals surface area (Å²) in [5.41, 5.74) is -0.913.